The Labute approximate surface area is 99.9 Å². The minimum Gasteiger partial charge on any atom is -0.481 e. The fraction of sp³-hybridized carbons (Fsp3) is 0.462. The summed E-state index contributed by atoms with van der Waals surface area (Å²) in [4.78, 5) is 12.6. The second kappa shape index (κ2) is 4.73. The zero-order valence-corrected chi connectivity index (χ0v) is 9.82. The molecule has 1 N–H and O–H groups in total. The third-order valence-corrected chi connectivity index (χ3v) is 3.29. The predicted octanol–water partition coefficient (Wildman–Crippen LogP) is 2.44. The van der Waals surface area contributed by atoms with E-state index in [0.29, 0.717) is 6.42 Å². The number of nitrogens with zero attached hydrogens (tertiary/aromatic N) is 1. The Balaban J connectivity index is 2.10. The van der Waals surface area contributed by atoms with Crippen molar-refractivity contribution >= 4 is 11.7 Å². The average molecular weight is 237 g/mol. The molecule has 1 heterocycles. The molecule has 0 amide bonds. The third-order valence-electron chi connectivity index (χ3n) is 3.29. The molecule has 3 nitrogen and oxygen atoms in total. The smallest absolute Gasteiger partial charge is 0.303 e. The van der Waals surface area contributed by atoms with Crippen LogP contribution in [0.5, 0.6) is 0 Å². The summed E-state index contributed by atoms with van der Waals surface area (Å²) in [5, 5.41) is 8.67. The van der Waals surface area contributed by atoms with E-state index in [1.807, 2.05) is 13.0 Å². The van der Waals surface area contributed by atoms with Crippen molar-refractivity contribution in [2.45, 2.75) is 32.2 Å². The van der Waals surface area contributed by atoms with Crippen molar-refractivity contribution in [3.05, 3.63) is 29.6 Å². The van der Waals surface area contributed by atoms with Crippen molar-refractivity contribution in [1.29, 1.82) is 0 Å². The van der Waals surface area contributed by atoms with Gasteiger partial charge in [-0.15, -0.1) is 0 Å². The summed E-state index contributed by atoms with van der Waals surface area (Å²) >= 11 is 0. The molecule has 1 aromatic carbocycles. The van der Waals surface area contributed by atoms with Gasteiger partial charge in [0, 0.05) is 24.7 Å². The Bertz CT molecular complexity index is 433. The number of carboxylic acids is 1. The Hall–Kier alpha value is -1.58. The molecule has 0 radical (unpaired) electrons. The molecule has 1 unspecified atom stereocenters. The van der Waals surface area contributed by atoms with Crippen LogP contribution in [0.3, 0.4) is 0 Å². The van der Waals surface area contributed by atoms with Gasteiger partial charge in [-0.2, -0.15) is 0 Å². The van der Waals surface area contributed by atoms with E-state index in [4.69, 9.17) is 5.11 Å². The molecule has 92 valence electrons. The molecule has 2 rings (SSSR count). The lowest BCUT2D eigenvalue weighted by Gasteiger charge is -2.27. The molecule has 0 aliphatic carbocycles. The van der Waals surface area contributed by atoms with Gasteiger partial charge in [0.15, 0.2) is 0 Å². The van der Waals surface area contributed by atoms with Crippen LogP contribution in [0, 0.1) is 5.82 Å². The van der Waals surface area contributed by atoms with Gasteiger partial charge >= 0.3 is 5.97 Å². The van der Waals surface area contributed by atoms with Crippen LogP contribution in [-0.4, -0.2) is 23.7 Å². The van der Waals surface area contributed by atoms with Crippen LogP contribution >= 0.6 is 0 Å². The zero-order chi connectivity index (χ0) is 12.4. The van der Waals surface area contributed by atoms with Crippen molar-refractivity contribution in [2.75, 3.05) is 11.4 Å². The highest BCUT2D eigenvalue weighted by molar-refractivity contribution is 5.67. The maximum atomic E-state index is 13.2. The Morgan fingerprint density at radius 3 is 3.06 bits per heavy atom. The van der Waals surface area contributed by atoms with Gasteiger partial charge in [0.1, 0.15) is 5.82 Å². The van der Waals surface area contributed by atoms with Crippen LogP contribution in [0.25, 0.3) is 0 Å². The van der Waals surface area contributed by atoms with Crippen molar-refractivity contribution in [2.24, 2.45) is 0 Å². The van der Waals surface area contributed by atoms with Crippen molar-refractivity contribution in [3.63, 3.8) is 0 Å². The molecular weight excluding hydrogens is 221 g/mol. The zero-order valence-electron chi connectivity index (χ0n) is 9.82. The molecule has 17 heavy (non-hydrogen) atoms. The van der Waals surface area contributed by atoms with Crippen LogP contribution in [0.15, 0.2) is 18.2 Å². The second-order valence-corrected chi connectivity index (χ2v) is 4.50. The van der Waals surface area contributed by atoms with Crippen molar-refractivity contribution in [1.82, 2.24) is 0 Å². The van der Waals surface area contributed by atoms with E-state index in [0.717, 1.165) is 24.2 Å². The first-order valence-electron chi connectivity index (χ1n) is 5.85. The van der Waals surface area contributed by atoms with Crippen LogP contribution in [0.4, 0.5) is 10.1 Å². The molecule has 1 aliphatic rings. The lowest BCUT2D eigenvalue weighted by atomic mass is 10.1. The topological polar surface area (TPSA) is 40.5 Å². The van der Waals surface area contributed by atoms with Crippen molar-refractivity contribution < 1.29 is 14.3 Å². The summed E-state index contributed by atoms with van der Waals surface area (Å²) in [6.45, 7) is 2.84. The summed E-state index contributed by atoms with van der Waals surface area (Å²) in [5.41, 5.74) is 2.07. The van der Waals surface area contributed by atoms with Crippen LogP contribution in [0.2, 0.25) is 0 Å². The van der Waals surface area contributed by atoms with Crippen molar-refractivity contribution in [3.8, 4) is 0 Å². The van der Waals surface area contributed by atoms with Crippen LogP contribution in [0.1, 0.15) is 25.3 Å². The number of fused-ring (bicyclic) bond motifs is 1. The molecule has 0 bridgehead atoms. The summed E-state index contributed by atoms with van der Waals surface area (Å²) in [6.07, 6.45) is 1.65. The van der Waals surface area contributed by atoms with Gasteiger partial charge in [-0.1, -0.05) is 6.07 Å². The molecule has 0 spiro atoms. The summed E-state index contributed by atoms with van der Waals surface area (Å²) in [6, 6.07) is 4.97. The summed E-state index contributed by atoms with van der Waals surface area (Å²) in [7, 11) is 0. The predicted molar refractivity (Wildman–Crippen MR) is 63.8 cm³/mol. The van der Waals surface area contributed by atoms with E-state index < -0.39 is 5.97 Å². The molecule has 0 aromatic heterocycles. The highest BCUT2D eigenvalue weighted by Gasteiger charge is 2.23. The molecule has 4 heteroatoms. The van der Waals surface area contributed by atoms with E-state index in [-0.39, 0.29) is 18.3 Å². The van der Waals surface area contributed by atoms with E-state index >= 15 is 0 Å². The van der Waals surface area contributed by atoms with Gasteiger partial charge in [0.25, 0.3) is 0 Å². The average Bonchev–Trinajstić information content (AvgIpc) is 2.68. The lowest BCUT2D eigenvalue weighted by Crippen LogP contribution is -2.31. The van der Waals surface area contributed by atoms with Gasteiger partial charge in [-0.05, 0) is 37.5 Å². The van der Waals surface area contributed by atoms with Gasteiger partial charge in [0.05, 0.1) is 0 Å². The first kappa shape index (κ1) is 11.9. The van der Waals surface area contributed by atoms with Gasteiger partial charge in [-0.25, -0.2) is 4.39 Å². The SMILES string of the molecule is CC(CCC(=O)O)N1CCc2ccc(F)cc21. The third kappa shape index (κ3) is 2.57. The van der Waals surface area contributed by atoms with E-state index in [9.17, 15) is 9.18 Å². The van der Waals surface area contributed by atoms with Crippen LogP contribution < -0.4 is 4.90 Å². The number of halogens is 1. The fourth-order valence-electron chi connectivity index (χ4n) is 2.32. The normalized spacial score (nSPS) is 15.8. The number of carbonyl (C=O) groups is 1. The minimum atomic E-state index is -0.782. The summed E-state index contributed by atoms with van der Waals surface area (Å²) in [5.74, 6) is -1.02. The standard InChI is InChI=1S/C13H16FNO2/c1-9(2-5-13(16)17)15-7-6-10-3-4-11(14)8-12(10)15/h3-4,8-9H,2,5-7H2,1H3,(H,16,17). The van der Waals surface area contributed by atoms with E-state index in [1.54, 1.807) is 6.07 Å². The molecule has 1 aliphatic heterocycles. The quantitative estimate of drug-likeness (QED) is 0.874. The van der Waals surface area contributed by atoms with E-state index in [1.165, 1.54) is 6.07 Å². The number of carboxylic acid groups (broad SMARTS) is 1. The second-order valence-electron chi connectivity index (χ2n) is 4.50. The number of aliphatic carboxylic acids is 1. The van der Waals surface area contributed by atoms with Gasteiger partial charge < -0.3 is 10.0 Å². The Kier molecular flexibility index (Phi) is 3.31. The minimum absolute atomic E-state index is 0.133. The molecular formula is C13H16FNO2. The number of anilines is 1. The Morgan fingerprint density at radius 2 is 2.35 bits per heavy atom. The molecule has 1 atom stereocenters. The van der Waals surface area contributed by atoms with E-state index in [2.05, 4.69) is 4.90 Å². The molecule has 1 aromatic rings. The highest BCUT2D eigenvalue weighted by atomic mass is 19.1. The monoisotopic (exact) mass is 237 g/mol. The Morgan fingerprint density at radius 1 is 1.59 bits per heavy atom. The first-order valence-corrected chi connectivity index (χ1v) is 5.85. The molecule has 0 saturated heterocycles. The number of hydrogen-bond acceptors (Lipinski definition) is 2. The fourth-order valence-corrected chi connectivity index (χ4v) is 2.32. The largest absolute Gasteiger partial charge is 0.481 e. The number of hydrogen-bond donors (Lipinski definition) is 1. The van der Waals surface area contributed by atoms with Gasteiger partial charge in [0.2, 0.25) is 0 Å². The van der Waals surface area contributed by atoms with Crippen LogP contribution in [-0.2, 0) is 11.2 Å². The summed E-state index contributed by atoms with van der Waals surface area (Å²) < 4.78 is 13.2. The van der Waals surface area contributed by atoms with Gasteiger partial charge in [-0.3, -0.25) is 4.79 Å². The maximum absolute atomic E-state index is 13.2. The maximum Gasteiger partial charge on any atom is 0.303 e. The number of benzene rings is 1. The number of rotatable bonds is 4. The first-order chi connectivity index (χ1) is 8.08. The lowest BCUT2D eigenvalue weighted by molar-refractivity contribution is -0.137. The highest BCUT2D eigenvalue weighted by Crippen LogP contribution is 2.31. The molecule has 0 fully saturated rings. The molecule has 0 saturated carbocycles.